The van der Waals surface area contributed by atoms with Gasteiger partial charge in [0.25, 0.3) is 0 Å². The molecule has 2 rings (SSSR count). The third-order valence-electron chi connectivity index (χ3n) is 4.66. The first-order chi connectivity index (χ1) is 13.7. The second-order valence-electron chi connectivity index (χ2n) is 6.64. The second-order valence-corrected chi connectivity index (χ2v) is 6.64. The SMILES string of the molecule is C#CCOc1ccc(CCN=C(NCC)N2CCC(C(=O)OCC)CC2)cc1.I. The number of rotatable bonds is 8. The van der Waals surface area contributed by atoms with Gasteiger partial charge in [0.05, 0.1) is 12.5 Å². The summed E-state index contributed by atoms with van der Waals surface area (Å²) < 4.78 is 10.5. The van der Waals surface area contributed by atoms with Gasteiger partial charge in [-0.3, -0.25) is 9.79 Å². The van der Waals surface area contributed by atoms with Crippen LogP contribution in [0.15, 0.2) is 29.3 Å². The zero-order chi connectivity index (χ0) is 20.2. The molecular formula is C22H32IN3O3. The molecule has 0 saturated carbocycles. The topological polar surface area (TPSA) is 63.2 Å². The van der Waals surface area contributed by atoms with Crippen molar-refractivity contribution in [1.29, 1.82) is 0 Å². The minimum Gasteiger partial charge on any atom is -0.481 e. The van der Waals surface area contributed by atoms with Crippen LogP contribution in [0.1, 0.15) is 32.3 Å². The first-order valence-corrected chi connectivity index (χ1v) is 10.0. The Morgan fingerprint density at radius 2 is 1.97 bits per heavy atom. The molecule has 1 aromatic carbocycles. The minimum atomic E-state index is -0.0706. The highest BCUT2D eigenvalue weighted by Crippen LogP contribution is 2.19. The van der Waals surface area contributed by atoms with E-state index in [4.69, 9.17) is 20.9 Å². The number of carbonyl (C=O) groups excluding carboxylic acids is 1. The van der Waals surface area contributed by atoms with Gasteiger partial charge in [0.1, 0.15) is 12.4 Å². The van der Waals surface area contributed by atoms with Crippen LogP contribution < -0.4 is 10.1 Å². The molecule has 160 valence electrons. The molecule has 0 bridgehead atoms. The summed E-state index contributed by atoms with van der Waals surface area (Å²) in [6.45, 7) is 7.79. The van der Waals surface area contributed by atoms with Crippen LogP contribution in [-0.4, -0.2) is 56.2 Å². The molecule has 1 aliphatic rings. The van der Waals surface area contributed by atoms with E-state index in [-0.39, 0.29) is 42.5 Å². The van der Waals surface area contributed by atoms with Crippen molar-refractivity contribution >= 4 is 35.9 Å². The van der Waals surface area contributed by atoms with Gasteiger partial charge in [0.2, 0.25) is 0 Å². The number of nitrogens with one attached hydrogen (secondary N) is 1. The number of esters is 1. The number of guanidine groups is 1. The third kappa shape index (κ3) is 8.52. The summed E-state index contributed by atoms with van der Waals surface area (Å²) in [4.78, 5) is 18.9. The van der Waals surface area contributed by atoms with Gasteiger partial charge in [-0.05, 0) is 50.8 Å². The monoisotopic (exact) mass is 513 g/mol. The molecule has 0 atom stereocenters. The molecule has 1 aliphatic heterocycles. The fourth-order valence-corrected chi connectivity index (χ4v) is 3.18. The van der Waals surface area contributed by atoms with E-state index in [1.807, 2.05) is 31.2 Å². The molecule has 29 heavy (non-hydrogen) atoms. The van der Waals surface area contributed by atoms with Crippen LogP contribution in [0.5, 0.6) is 5.75 Å². The Labute approximate surface area is 191 Å². The Morgan fingerprint density at radius 1 is 1.28 bits per heavy atom. The Morgan fingerprint density at radius 3 is 2.55 bits per heavy atom. The highest BCUT2D eigenvalue weighted by atomic mass is 127. The summed E-state index contributed by atoms with van der Waals surface area (Å²) in [6, 6.07) is 7.95. The lowest BCUT2D eigenvalue weighted by atomic mass is 9.97. The van der Waals surface area contributed by atoms with Crippen LogP contribution in [0.25, 0.3) is 0 Å². The molecule has 1 aromatic rings. The molecule has 0 aliphatic carbocycles. The number of ether oxygens (including phenoxy) is 2. The number of carbonyl (C=O) groups is 1. The van der Waals surface area contributed by atoms with Crippen molar-refractivity contribution in [2.24, 2.45) is 10.9 Å². The Balaban J connectivity index is 0.00000420. The number of hydrogen-bond donors (Lipinski definition) is 1. The molecule has 6 nitrogen and oxygen atoms in total. The Bertz CT molecular complexity index is 678. The highest BCUT2D eigenvalue weighted by Gasteiger charge is 2.27. The predicted molar refractivity (Wildman–Crippen MR) is 127 cm³/mol. The molecule has 0 unspecified atom stereocenters. The van der Waals surface area contributed by atoms with Gasteiger partial charge < -0.3 is 19.7 Å². The van der Waals surface area contributed by atoms with Crippen molar-refractivity contribution in [1.82, 2.24) is 10.2 Å². The number of hydrogen-bond acceptors (Lipinski definition) is 4. The van der Waals surface area contributed by atoms with Gasteiger partial charge in [0.15, 0.2) is 5.96 Å². The number of nitrogens with zero attached hydrogens (tertiary/aromatic N) is 2. The summed E-state index contributed by atoms with van der Waals surface area (Å²) in [6.07, 6.45) is 7.67. The average molecular weight is 513 g/mol. The molecule has 1 saturated heterocycles. The van der Waals surface area contributed by atoms with Crippen LogP contribution in [0.3, 0.4) is 0 Å². The zero-order valence-electron chi connectivity index (χ0n) is 17.4. The fraction of sp³-hybridized carbons (Fsp3) is 0.545. The van der Waals surface area contributed by atoms with Crippen LogP contribution in [0, 0.1) is 18.3 Å². The van der Waals surface area contributed by atoms with Gasteiger partial charge in [-0.15, -0.1) is 30.4 Å². The van der Waals surface area contributed by atoms with Crippen molar-refractivity contribution in [3.63, 3.8) is 0 Å². The van der Waals surface area contributed by atoms with Crippen molar-refractivity contribution < 1.29 is 14.3 Å². The van der Waals surface area contributed by atoms with Crippen molar-refractivity contribution in [3.8, 4) is 18.1 Å². The molecule has 1 heterocycles. The highest BCUT2D eigenvalue weighted by molar-refractivity contribution is 14.0. The summed E-state index contributed by atoms with van der Waals surface area (Å²) in [5, 5.41) is 3.36. The van der Waals surface area contributed by atoms with E-state index < -0.39 is 0 Å². The van der Waals surface area contributed by atoms with Gasteiger partial charge in [-0.25, -0.2) is 0 Å². The maximum Gasteiger partial charge on any atom is 0.309 e. The lowest BCUT2D eigenvalue weighted by Crippen LogP contribution is -2.46. The number of halogens is 1. The molecular weight excluding hydrogens is 481 g/mol. The first kappa shape index (κ1) is 25.1. The normalized spacial score (nSPS) is 14.5. The lowest BCUT2D eigenvalue weighted by Gasteiger charge is -2.33. The smallest absolute Gasteiger partial charge is 0.309 e. The number of aliphatic imine (C=N–C) groups is 1. The minimum absolute atomic E-state index is 0. The molecule has 1 fully saturated rings. The molecule has 0 spiro atoms. The molecule has 0 radical (unpaired) electrons. The summed E-state index contributed by atoms with van der Waals surface area (Å²) in [5.74, 6) is 4.09. The van der Waals surface area contributed by atoms with Gasteiger partial charge >= 0.3 is 5.97 Å². The molecule has 1 N–H and O–H groups in total. The first-order valence-electron chi connectivity index (χ1n) is 10.0. The summed E-state index contributed by atoms with van der Waals surface area (Å²) in [7, 11) is 0. The number of terminal acetylenes is 1. The summed E-state index contributed by atoms with van der Waals surface area (Å²) >= 11 is 0. The average Bonchev–Trinajstić information content (AvgIpc) is 2.73. The maximum absolute atomic E-state index is 11.9. The molecule has 7 heteroatoms. The Kier molecular flexibility index (Phi) is 12.2. The maximum atomic E-state index is 11.9. The quantitative estimate of drug-likeness (QED) is 0.190. The van der Waals surface area contributed by atoms with E-state index in [0.29, 0.717) is 13.2 Å². The predicted octanol–water partition coefficient (Wildman–Crippen LogP) is 3.10. The van der Waals surface area contributed by atoms with Gasteiger partial charge in [0, 0.05) is 26.2 Å². The number of benzene rings is 1. The fourth-order valence-electron chi connectivity index (χ4n) is 3.18. The van der Waals surface area contributed by atoms with E-state index >= 15 is 0 Å². The summed E-state index contributed by atoms with van der Waals surface area (Å²) in [5.41, 5.74) is 1.20. The standard InChI is InChI=1S/C22H31N3O3.HI/c1-4-17-28-20-9-7-18(8-10-20)11-14-24-22(23-5-2)25-15-12-19(13-16-25)21(26)27-6-3;/h1,7-10,19H,5-6,11-17H2,2-3H3,(H,23,24);1H. The van der Waals surface area contributed by atoms with Crippen LogP contribution in [0.2, 0.25) is 0 Å². The molecule has 0 aromatic heterocycles. The van der Waals surface area contributed by atoms with Crippen molar-refractivity contribution in [2.45, 2.75) is 33.1 Å². The van der Waals surface area contributed by atoms with Crippen LogP contribution >= 0.6 is 24.0 Å². The van der Waals surface area contributed by atoms with Crippen molar-refractivity contribution in [3.05, 3.63) is 29.8 Å². The van der Waals surface area contributed by atoms with E-state index in [1.54, 1.807) is 0 Å². The zero-order valence-corrected chi connectivity index (χ0v) is 19.7. The van der Waals surface area contributed by atoms with E-state index in [0.717, 1.165) is 50.6 Å². The van der Waals surface area contributed by atoms with Crippen molar-refractivity contribution in [2.75, 3.05) is 39.4 Å². The van der Waals surface area contributed by atoms with Crippen LogP contribution in [-0.2, 0) is 16.0 Å². The molecule has 0 amide bonds. The van der Waals surface area contributed by atoms with E-state index in [1.165, 1.54) is 5.56 Å². The second kappa shape index (κ2) is 14.1. The van der Waals surface area contributed by atoms with E-state index in [2.05, 4.69) is 23.1 Å². The van der Waals surface area contributed by atoms with Crippen LogP contribution in [0.4, 0.5) is 0 Å². The largest absolute Gasteiger partial charge is 0.481 e. The number of piperidine rings is 1. The van der Waals surface area contributed by atoms with Gasteiger partial charge in [-0.1, -0.05) is 18.1 Å². The van der Waals surface area contributed by atoms with E-state index in [9.17, 15) is 4.79 Å². The lowest BCUT2D eigenvalue weighted by molar-refractivity contribution is -0.149. The Hall–Kier alpha value is -1.95. The number of likely N-dealkylation sites (tertiary alicyclic amines) is 1. The third-order valence-corrected chi connectivity index (χ3v) is 4.66. The van der Waals surface area contributed by atoms with Gasteiger partial charge in [-0.2, -0.15) is 0 Å².